The second kappa shape index (κ2) is 8.05. The second-order valence-electron chi connectivity index (χ2n) is 3.03. The Morgan fingerprint density at radius 1 is 1.06 bits per heavy atom. The van der Waals surface area contributed by atoms with Crippen LogP contribution < -0.4 is 5.30 Å². The van der Waals surface area contributed by atoms with Gasteiger partial charge >= 0.3 is 7.60 Å². The zero-order valence-electron chi connectivity index (χ0n) is 9.12. The van der Waals surface area contributed by atoms with Crippen molar-refractivity contribution < 1.29 is 14.4 Å². The molecule has 0 fully saturated rings. The lowest BCUT2D eigenvalue weighted by Gasteiger charge is -2.00. The largest absolute Gasteiger partial charge is 0.356 e. The van der Waals surface area contributed by atoms with Crippen molar-refractivity contribution in [3.05, 3.63) is 55.6 Å². The van der Waals surface area contributed by atoms with Gasteiger partial charge in [-0.2, -0.15) is 0 Å². The quantitative estimate of drug-likeness (QED) is 0.483. The molecule has 0 amide bonds. The van der Waals surface area contributed by atoms with Gasteiger partial charge < -0.3 is 9.79 Å². The Balaban J connectivity index is 0.000000325. The summed E-state index contributed by atoms with van der Waals surface area (Å²) in [5.41, 5.74) is 0. The molecule has 2 N–H and O–H groups in total. The van der Waals surface area contributed by atoms with E-state index < -0.39 is 7.60 Å². The van der Waals surface area contributed by atoms with E-state index in [0.717, 1.165) is 12.8 Å². The number of hydrogen-bond acceptors (Lipinski definition) is 1. The fourth-order valence-electron chi connectivity index (χ4n) is 0.858. The first kappa shape index (κ1) is 14.8. The van der Waals surface area contributed by atoms with Crippen LogP contribution >= 0.6 is 7.60 Å². The first-order chi connectivity index (χ1) is 7.52. The van der Waals surface area contributed by atoms with E-state index in [9.17, 15) is 4.57 Å². The highest BCUT2D eigenvalue weighted by atomic mass is 31.2. The van der Waals surface area contributed by atoms with Crippen molar-refractivity contribution >= 4 is 12.9 Å². The molecule has 0 aromatic heterocycles. The van der Waals surface area contributed by atoms with Crippen molar-refractivity contribution in [2.75, 3.05) is 0 Å². The van der Waals surface area contributed by atoms with E-state index in [2.05, 4.69) is 13.2 Å². The predicted molar refractivity (Wildman–Crippen MR) is 67.7 cm³/mol. The minimum absolute atomic E-state index is 0.0648. The van der Waals surface area contributed by atoms with Gasteiger partial charge in [0.15, 0.2) is 0 Å². The molecule has 0 aliphatic carbocycles. The van der Waals surface area contributed by atoms with Gasteiger partial charge in [-0.25, -0.2) is 0 Å². The Bertz CT molecular complexity index is 346. The Morgan fingerprint density at radius 3 is 1.75 bits per heavy atom. The predicted octanol–water partition coefficient (Wildman–Crippen LogP) is 2.63. The molecule has 1 rings (SSSR count). The molecule has 0 saturated carbocycles. The van der Waals surface area contributed by atoms with Crippen LogP contribution in [-0.4, -0.2) is 9.79 Å². The van der Waals surface area contributed by atoms with E-state index in [-0.39, 0.29) is 5.30 Å². The molecule has 0 radical (unpaired) electrons. The lowest BCUT2D eigenvalue weighted by molar-refractivity contribution is 0.387. The third kappa shape index (κ3) is 7.18. The maximum atomic E-state index is 10.5. The monoisotopic (exact) mass is 240 g/mol. The minimum Gasteiger partial charge on any atom is -0.321 e. The Kier molecular flexibility index (Phi) is 7.48. The molecule has 0 aliphatic heterocycles. The molecule has 1 aromatic carbocycles. The maximum Gasteiger partial charge on any atom is 0.356 e. The Labute approximate surface area is 96.3 Å². The molecule has 0 saturated heterocycles. The van der Waals surface area contributed by atoms with Crippen molar-refractivity contribution in [2.45, 2.75) is 12.8 Å². The highest BCUT2D eigenvalue weighted by Gasteiger charge is 2.14. The average Bonchev–Trinajstić information content (AvgIpc) is 2.27. The number of unbranched alkanes of at least 4 members (excludes halogenated alkanes) is 1. The van der Waals surface area contributed by atoms with Crippen LogP contribution in [-0.2, 0) is 4.57 Å². The van der Waals surface area contributed by atoms with Crippen LogP contribution in [0.25, 0.3) is 0 Å². The van der Waals surface area contributed by atoms with E-state index >= 15 is 0 Å². The molecule has 0 atom stereocenters. The minimum atomic E-state index is -4.02. The van der Waals surface area contributed by atoms with Crippen molar-refractivity contribution in [1.82, 2.24) is 0 Å². The number of hydrogen-bond donors (Lipinski definition) is 2. The summed E-state index contributed by atoms with van der Waals surface area (Å²) in [5.74, 6) is 0. The Hall–Kier alpha value is -1.15. The molecule has 0 spiro atoms. The van der Waals surface area contributed by atoms with Gasteiger partial charge in [0, 0.05) is 0 Å². The lowest BCUT2D eigenvalue weighted by Crippen LogP contribution is -2.01. The molecular weight excluding hydrogens is 223 g/mol. The van der Waals surface area contributed by atoms with Gasteiger partial charge in [-0.3, -0.25) is 4.57 Å². The van der Waals surface area contributed by atoms with Gasteiger partial charge in [-0.05, 0) is 25.0 Å². The van der Waals surface area contributed by atoms with E-state index in [1.807, 2.05) is 12.2 Å². The Morgan fingerprint density at radius 2 is 1.50 bits per heavy atom. The maximum absolute atomic E-state index is 10.5. The zero-order valence-corrected chi connectivity index (χ0v) is 10.0. The zero-order chi connectivity index (χ0) is 12.4. The fraction of sp³-hybridized carbons (Fsp3) is 0.167. The molecule has 0 unspecified atom stereocenters. The molecule has 88 valence electrons. The summed E-state index contributed by atoms with van der Waals surface area (Å²) < 4.78 is 10.5. The number of allylic oxidation sites excluding steroid dienone is 2. The van der Waals surface area contributed by atoms with E-state index in [1.54, 1.807) is 18.2 Å². The molecule has 4 heteroatoms. The van der Waals surface area contributed by atoms with E-state index in [0.29, 0.717) is 0 Å². The van der Waals surface area contributed by atoms with Crippen LogP contribution in [0.2, 0.25) is 0 Å². The normalized spacial score (nSPS) is 9.88. The van der Waals surface area contributed by atoms with Crippen molar-refractivity contribution in [1.29, 1.82) is 0 Å². The first-order valence-corrected chi connectivity index (χ1v) is 6.46. The summed E-state index contributed by atoms with van der Waals surface area (Å²) >= 11 is 0. The fourth-order valence-corrected chi connectivity index (χ4v) is 1.42. The summed E-state index contributed by atoms with van der Waals surface area (Å²) in [4.78, 5) is 17.2. The van der Waals surface area contributed by atoms with Crippen LogP contribution in [0.15, 0.2) is 55.6 Å². The highest BCUT2D eigenvalue weighted by molar-refractivity contribution is 7.60. The van der Waals surface area contributed by atoms with Crippen molar-refractivity contribution in [3.63, 3.8) is 0 Å². The van der Waals surface area contributed by atoms with E-state index in [1.165, 1.54) is 12.1 Å². The molecule has 16 heavy (non-hydrogen) atoms. The molecular formula is C12H17O3P. The highest BCUT2D eigenvalue weighted by Crippen LogP contribution is 2.32. The summed E-state index contributed by atoms with van der Waals surface area (Å²) in [5, 5.41) is 0.0648. The number of rotatable bonds is 4. The van der Waals surface area contributed by atoms with Gasteiger partial charge in [0.2, 0.25) is 0 Å². The molecule has 0 bridgehead atoms. The summed E-state index contributed by atoms with van der Waals surface area (Å²) in [7, 11) is -4.02. The van der Waals surface area contributed by atoms with Gasteiger partial charge in [0.1, 0.15) is 0 Å². The molecule has 3 nitrogen and oxygen atoms in total. The van der Waals surface area contributed by atoms with Crippen molar-refractivity contribution in [2.24, 2.45) is 0 Å². The van der Waals surface area contributed by atoms with Crippen LogP contribution in [0.1, 0.15) is 12.8 Å². The van der Waals surface area contributed by atoms with Crippen LogP contribution in [0.5, 0.6) is 0 Å². The lowest BCUT2D eigenvalue weighted by atomic mass is 10.3. The molecule has 0 aliphatic rings. The van der Waals surface area contributed by atoms with Gasteiger partial charge in [0.05, 0.1) is 5.30 Å². The topological polar surface area (TPSA) is 57.5 Å². The first-order valence-electron chi connectivity index (χ1n) is 4.85. The summed E-state index contributed by atoms with van der Waals surface area (Å²) in [6.45, 7) is 7.10. The van der Waals surface area contributed by atoms with E-state index in [4.69, 9.17) is 9.79 Å². The third-order valence-electron chi connectivity index (χ3n) is 1.67. The van der Waals surface area contributed by atoms with Crippen LogP contribution in [0.4, 0.5) is 0 Å². The summed E-state index contributed by atoms with van der Waals surface area (Å²) in [6.07, 6.45) is 5.90. The number of benzene rings is 1. The smallest absolute Gasteiger partial charge is 0.321 e. The SMILES string of the molecule is C=CCCC=C.O=P(O)(O)c1ccccc1. The van der Waals surface area contributed by atoms with Crippen LogP contribution in [0, 0.1) is 0 Å². The standard InChI is InChI=1S/C6H7O3P.C6H10/c7-10(8,9)6-4-2-1-3-5-6;1-3-5-6-4-2/h1-5H,(H2,7,8,9);3-4H,1-2,5-6H2. The second-order valence-corrected chi connectivity index (χ2v) is 4.64. The third-order valence-corrected chi connectivity index (χ3v) is 2.64. The van der Waals surface area contributed by atoms with Crippen LogP contribution in [0.3, 0.4) is 0 Å². The molecule has 0 heterocycles. The summed E-state index contributed by atoms with van der Waals surface area (Å²) in [6, 6.07) is 7.70. The van der Waals surface area contributed by atoms with Gasteiger partial charge in [0.25, 0.3) is 0 Å². The van der Waals surface area contributed by atoms with Crippen molar-refractivity contribution in [3.8, 4) is 0 Å². The van der Waals surface area contributed by atoms with Gasteiger partial charge in [-0.1, -0.05) is 30.4 Å². The molecule has 1 aromatic rings. The van der Waals surface area contributed by atoms with Gasteiger partial charge in [-0.15, -0.1) is 13.2 Å². The average molecular weight is 240 g/mol.